The van der Waals surface area contributed by atoms with Crippen LogP contribution in [0.5, 0.6) is 0 Å². The van der Waals surface area contributed by atoms with E-state index in [-0.39, 0.29) is 23.9 Å². The minimum atomic E-state index is -0.297. The maximum absolute atomic E-state index is 12.3. The van der Waals surface area contributed by atoms with Crippen LogP contribution in [0, 0.1) is 5.92 Å². The van der Waals surface area contributed by atoms with Crippen molar-refractivity contribution in [3.63, 3.8) is 0 Å². The number of nitrogens with zero attached hydrogens (tertiary/aromatic N) is 1. The minimum Gasteiger partial charge on any atom is -0.466 e. The second-order valence-corrected chi connectivity index (χ2v) is 5.23. The second kappa shape index (κ2) is 6.89. The normalized spacial score (nSPS) is 27.9. The van der Waals surface area contributed by atoms with Crippen LogP contribution in [0.2, 0.25) is 0 Å². The zero-order valence-electron chi connectivity index (χ0n) is 11.6. The van der Waals surface area contributed by atoms with Crippen molar-refractivity contribution in [1.29, 1.82) is 0 Å². The van der Waals surface area contributed by atoms with E-state index in [2.05, 4.69) is 0 Å². The quantitative estimate of drug-likeness (QED) is 0.726. The van der Waals surface area contributed by atoms with E-state index < -0.39 is 0 Å². The number of likely N-dealkylation sites (tertiary alicyclic amines) is 1. The van der Waals surface area contributed by atoms with E-state index in [0.717, 1.165) is 38.6 Å². The summed E-state index contributed by atoms with van der Waals surface area (Å²) in [5.41, 5.74) is 0. The first-order valence-electron chi connectivity index (χ1n) is 7.29. The van der Waals surface area contributed by atoms with Gasteiger partial charge in [0.05, 0.1) is 12.5 Å². The Morgan fingerprint density at radius 3 is 2.79 bits per heavy atom. The van der Waals surface area contributed by atoms with Crippen molar-refractivity contribution in [2.24, 2.45) is 5.92 Å². The predicted octanol–water partition coefficient (Wildman–Crippen LogP) is 1.36. The summed E-state index contributed by atoms with van der Waals surface area (Å²) in [5, 5.41) is 0. The fourth-order valence-corrected chi connectivity index (χ4v) is 2.77. The van der Waals surface area contributed by atoms with Crippen LogP contribution in [0.3, 0.4) is 0 Å². The van der Waals surface area contributed by atoms with Crippen LogP contribution in [0.4, 0.5) is 0 Å². The molecule has 2 fully saturated rings. The first-order valence-corrected chi connectivity index (χ1v) is 7.29. The molecule has 5 heteroatoms. The zero-order chi connectivity index (χ0) is 13.7. The first kappa shape index (κ1) is 14.3. The van der Waals surface area contributed by atoms with Crippen molar-refractivity contribution in [1.82, 2.24) is 4.90 Å². The maximum Gasteiger partial charge on any atom is 0.310 e. The molecule has 2 saturated heterocycles. The molecule has 5 nitrogen and oxygen atoms in total. The summed E-state index contributed by atoms with van der Waals surface area (Å²) in [5.74, 6) is -0.292. The fraction of sp³-hybridized carbons (Fsp3) is 0.857. The third-order valence-electron chi connectivity index (χ3n) is 3.81. The molecule has 1 unspecified atom stereocenters. The monoisotopic (exact) mass is 269 g/mol. The van der Waals surface area contributed by atoms with Crippen LogP contribution in [0.25, 0.3) is 0 Å². The molecule has 0 spiro atoms. The molecule has 0 bridgehead atoms. The Bertz CT molecular complexity index is 325. The predicted molar refractivity (Wildman–Crippen MR) is 69.5 cm³/mol. The number of hydrogen-bond donors (Lipinski definition) is 0. The first-order chi connectivity index (χ1) is 9.22. The third kappa shape index (κ3) is 3.69. The van der Waals surface area contributed by atoms with Gasteiger partial charge in [0.1, 0.15) is 6.10 Å². The van der Waals surface area contributed by atoms with Crippen LogP contribution < -0.4 is 0 Å². The second-order valence-electron chi connectivity index (χ2n) is 5.23. The van der Waals surface area contributed by atoms with Crippen LogP contribution in [-0.2, 0) is 19.1 Å². The number of hydrogen-bond acceptors (Lipinski definition) is 4. The highest BCUT2D eigenvalue weighted by atomic mass is 16.5. The summed E-state index contributed by atoms with van der Waals surface area (Å²) in [6.45, 7) is 4.09. The highest BCUT2D eigenvalue weighted by Gasteiger charge is 2.33. The molecule has 108 valence electrons. The Morgan fingerprint density at radius 2 is 2.11 bits per heavy atom. The largest absolute Gasteiger partial charge is 0.466 e. The van der Waals surface area contributed by atoms with Gasteiger partial charge < -0.3 is 14.4 Å². The number of esters is 1. The summed E-state index contributed by atoms with van der Waals surface area (Å²) < 4.78 is 10.6. The van der Waals surface area contributed by atoms with Gasteiger partial charge in [0.2, 0.25) is 0 Å². The Morgan fingerprint density at radius 1 is 1.26 bits per heavy atom. The fourth-order valence-electron chi connectivity index (χ4n) is 2.77. The van der Waals surface area contributed by atoms with Gasteiger partial charge in [-0.2, -0.15) is 0 Å². The Balaban J connectivity index is 1.89. The van der Waals surface area contributed by atoms with Crippen LogP contribution in [0.15, 0.2) is 0 Å². The van der Waals surface area contributed by atoms with Crippen LogP contribution in [0.1, 0.15) is 39.0 Å². The molecule has 2 aliphatic heterocycles. The lowest BCUT2D eigenvalue weighted by Crippen LogP contribution is -2.48. The lowest BCUT2D eigenvalue weighted by atomic mass is 9.97. The molecule has 0 aromatic heterocycles. The van der Waals surface area contributed by atoms with E-state index in [1.807, 2.05) is 0 Å². The minimum absolute atomic E-state index is 0.0497. The molecule has 0 saturated carbocycles. The van der Waals surface area contributed by atoms with Gasteiger partial charge in [0, 0.05) is 19.7 Å². The van der Waals surface area contributed by atoms with E-state index in [1.165, 1.54) is 0 Å². The number of rotatable bonds is 3. The van der Waals surface area contributed by atoms with Crippen molar-refractivity contribution < 1.29 is 19.1 Å². The summed E-state index contributed by atoms with van der Waals surface area (Å²) in [6.07, 6.45) is 4.27. The molecule has 0 aromatic carbocycles. The van der Waals surface area contributed by atoms with Gasteiger partial charge in [-0.1, -0.05) is 0 Å². The van der Waals surface area contributed by atoms with E-state index in [9.17, 15) is 9.59 Å². The number of amides is 1. The Labute approximate surface area is 114 Å². The zero-order valence-corrected chi connectivity index (χ0v) is 11.6. The molecule has 0 aliphatic carbocycles. The van der Waals surface area contributed by atoms with Gasteiger partial charge in [-0.3, -0.25) is 9.59 Å². The van der Waals surface area contributed by atoms with Gasteiger partial charge in [-0.15, -0.1) is 0 Å². The summed E-state index contributed by atoms with van der Waals surface area (Å²) in [6, 6.07) is 0. The SMILES string of the molecule is CCOC(=O)[C@H]1CCCN(C(=O)C2CCCCO2)C1. The molecule has 1 amide bonds. The van der Waals surface area contributed by atoms with Gasteiger partial charge in [-0.05, 0) is 39.0 Å². The van der Waals surface area contributed by atoms with Gasteiger partial charge in [0.25, 0.3) is 5.91 Å². The average molecular weight is 269 g/mol. The molecule has 2 atom stereocenters. The van der Waals surface area contributed by atoms with E-state index in [4.69, 9.17) is 9.47 Å². The molecule has 0 aromatic rings. The standard InChI is InChI=1S/C14H23NO4/c1-2-18-14(17)11-6-5-8-15(10-11)13(16)12-7-3-4-9-19-12/h11-12H,2-10H2,1H3/t11-,12?/m0/s1. The highest BCUT2D eigenvalue weighted by Crippen LogP contribution is 2.21. The number of carbonyl (C=O) groups excluding carboxylic acids is 2. The van der Waals surface area contributed by atoms with E-state index >= 15 is 0 Å². The van der Waals surface area contributed by atoms with Crippen molar-refractivity contribution in [3.8, 4) is 0 Å². The summed E-state index contributed by atoms with van der Waals surface area (Å²) in [4.78, 5) is 25.9. The average Bonchev–Trinajstić information content (AvgIpc) is 2.48. The van der Waals surface area contributed by atoms with Crippen LogP contribution in [-0.4, -0.2) is 49.2 Å². The lowest BCUT2D eigenvalue weighted by molar-refractivity contribution is -0.155. The Kier molecular flexibility index (Phi) is 5.19. The van der Waals surface area contributed by atoms with Crippen molar-refractivity contribution in [2.45, 2.75) is 45.1 Å². The smallest absolute Gasteiger partial charge is 0.310 e. The topological polar surface area (TPSA) is 55.8 Å². The molecule has 0 radical (unpaired) electrons. The van der Waals surface area contributed by atoms with Crippen molar-refractivity contribution >= 4 is 11.9 Å². The maximum atomic E-state index is 12.3. The molecule has 2 rings (SSSR count). The summed E-state index contributed by atoms with van der Waals surface area (Å²) in [7, 11) is 0. The molecule has 2 heterocycles. The lowest BCUT2D eigenvalue weighted by Gasteiger charge is -2.34. The molecule has 2 aliphatic rings. The number of piperidine rings is 1. The van der Waals surface area contributed by atoms with E-state index in [1.54, 1.807) is 11.8 Å². The van der Waals surface area contributed by atoms with Gasteiger partial charge >= 0.3 is 5.97 Å². The van der Waals surface area contributed by atoms with E-state index in [0.29, 0.717) is 19.8 Å². The molecular weight excluding hydrogens is 246 g/mol. The number of carbonyl (C=O) groups is 2. The number of ether oxygens (including phenoxy) is 2. The Hall–Kier alpha value is -1.10. The highest BCUT2D eigenvalue weighted by molar-refractivity contribution is 5.82. The van der Waals surface area contributed by atoms with Gasteiger partial charge in [-0.25, -0.2) is 0 Å². The molecule has 0 N–H and O–H groups in total. The third-order valence-corrected chi connectivity index (χ3v) is 3.81. The molecular formula is C14H23NO4. The summed E-state index contributed by atoms with van der Waals surface area (Å²) >= 11 is 0. The van der Waals surface area contributed by atoms with Crippen molar-refractivity contribution in [2.75, 3.05) is 26.3 Å². The van der Waals surface area contributed by atoms with Crippen molar-refractivity contribution in [3.05, 3.63) is 0 Å². The van der Waals surface area contributed by atoms with Crippen LogP contribution >= 0.6 is 0 Å². The molecule has 19 heavy (non-hydrogen) atoms. The van der Waals surface area contributed by atoms with Gasteiger partial charge in [0.15, 0.2) is 0 Å².